The Hall–Kier alpha value is -0.830. The molecule has 0 aromatic heterocycles. The fourth-order valence-corrected chi connectivity index (χ4v) is 1.46. The van der Waals surface area contributed by atoms with Gasteiger partial charge in [-0.15, -0.1) is 0 Å². The van der Waals surface area contributed by atoms with Crippen molar-refractivity contribution in [3.63, 3.8) is 0 Å². The smallest absolute Gasteiger partial charge is 0.319 e. The highest BCUT2D eigenvalue weighted by Gasteiger charge is 2.18. The van der Waals surface area contributed by atoms with Crippen LogP contribution in [-0.2, 0) is 9.53 Å². The van der Waals surface area contributed by atoms with Crippen LogP contribution in [0.3, 0.4) is 0 Å². The molecule has 0 aliphatic heterocycles. The Morgan fingerprint density at radius 3 is 3.00 bits per heavy atom. The van der Waals surface area contributed by atoms with Gasteiger partial charge in [0.1, 0.15) is 0 Å². The van der Waals surface area contributed by atoms with Gasteiger partial charge in [-0.05, 0) is 19.3 Å². The highest BCUT2D eigenvalue weighted by atomic mass is 16.5. The lowest BCUT2D eigenvalue weighted by Gasteiger charge is -2.15. The van der Waals surface area contributed by atoms with Gasteiger partial charge >= 0.3 is 5.97 Å². The van der Waals surface area contributed by atoms with Crippen LogP contribution in [0.1, 0.15) is 20.3 Å². The van der Waals surface area contributed by atoms with Crippen LogP contribution in [0.2, 0.25) is 0 Å². The van der Waals surface area contributed by atoms with Crippen molar-refractivity contribution in [3.05, 3.63) is 12.2 Å². The quantitative estimate of drug-likeness (QED) is 0.524. The van der Waals surface area contributed by atoms with Crippen molar-refractivity contribution in [2.45, 2.75) is 26.3 Å². The number of esters is 1. The maximum atomic E-state index is 11.0. The molecule has 1 N–H and O–H groups in total. The zero-order chi connectivity index (χ0) is 9.68. The number of ether oxygens (including phenoxy) is 1. The summed E-state index contributed by atoms with van der Waals surface area (Å²) in [5.74, 6) is 0.421. The van der Waals surface area contributed by atoms with E-state index in [-0.39, 0.29) is 5.97 Å². The largest absolute Gasteiger partial charge is 0.465 e. The van der Waals surface area contributed by atoms with E-state index in [0.29, 0.717) is 25.1 Å². The summed E-state index contributed by atoms with van der Waals surface area (Å²) in [6.07, 6.45) is 5.36. The first kappa shape index (κ1) is 10.3. The molecule has 3 heteroatoms. The fourth-order valence-electron chi connectivity index (χ4n) is 1.46. The molecule has 1 rings (SSSR count). The van der Waals surface area contributed by atoms with Crippen LogP contribution in [0, 0.1) is 5.92 Å². The third-order valence-electron chi connectivity index (χ3n) is 2.25. The van der Waals surface area contributed by atoms with E-state index in [9.17, 15) is 4.79 Å². The normalized spacial score (nSPS) is 26.3. The molecule has 0 amide bonds. The Morgan fingerprint density at radius 1 is 1.69 bits per heavy atom. The number of hydrogen-bond donors (Lipinski definition) is 1. The van der Waals surface area contributed by atoms with Gasteiger partial charge in [-0.25, -0.2) is 0 Å². The first-order chi connectivity index (χ1) is 6.24. The summed E-state index contributed by atoms with van der Waals surface area (Å²) in [5.41, 5.74) is 0. The molecule has 2 unspecified atom stereocenters. The van der Waals surface area contributed by atoms with Crippen LogP contribution in [-0.4, -0.2) is 25.2 Å². The topological polar surface area (TPSA) is 38.3 Å². The zero-order valence-corrected chi connectivity index (χ0v) is 8.25. The lowest BCUT2D eigenvalue weighted by atomic mass is 10.1. The third-order valence-corrected chi connectivity index (χ3v) is 2.25. The van der Waals surface area contributed by atoms with Gasteiger partial charge in [-0.1, -0.05) is 19.1 Å². The summed E-state index contributed by atoms with van der Waals surface area (Å²) < 4.78 is 4.81. The Morgan fingerprint density at radius 2 is 2.46 bits per heavy atom. The predicted molar refractivity (Wildman–Crippen MR) is 51.3 cm³/mol. The molecule has 1 aliphatic rings. The average molecular weight is 183 g/mol. The van der Waals surface area contributed by atoms with E-state index in [4.69, 9.17) is 4.74 Å². The van der Waals surface area contributed by atoms with E-state index < -0.39 is 0 Å². The molecule has 0 heterocycles. The molecule has 0 aromatic carbocycles. The van der Waals surface area contributed by atoms with Crippen molar-refractivity contribution in [3.8, 4) is 0 Å². The van der Waals surface area contributed by atoms with Gasteiger partial charge in [-0.3, -0.25) is 4.79 Å². The van der Waals surface area contributed by atoms with Crippen molar-refractivity contribution in [2.24, 2.45) is 5.92 Å². The lowest BCUT2D eigenvalue weighted by Crippen LogP contribution is -2.35. The molecule has 0 fully saturated rings. The Labute approximate surface area is 79.2 Å². The van der Waals surface area contributed by atoms with Crippen molar-refractivity contribution >= 4 is 5.97 Å². The molecule has 0 spiro atoms. The summed E-state index contributed by atoms with van der Waals surface area (Å²) >= 11 is 0. The van der Waals surface area contributed by atoms with E-state index in [1.807, 2.05) is 6.92 Å². The summed E-state index contributed by atoms with van der Waals surface area (Å²) in [7, 11) is 0. The SMILES string of the molecule is CCOC(=O)CNC1C=CCC1C. The first-order valence-corrected chi connectivity index (χ1v) is 4.79. The molecule has 0 bridgehead atoms. The van der Waals surface area contributed by atoms with Crippen molar-refractivity contribution in [1.82, 2.24) is 5.32 Å². The van der Waals surface area contributed by atoms with Gasteiger partial charge < -0.3 is 10.1 Å². The number of rotatable bonds is 4. The maximum absolute atomic E-state index is 11.0. The maximum Gasteiger partial charge on any atom is 0.319 e. The van der Waals surface area contributed by atoms with Gasteiger partial charge in [0.2, 0.25) is 0 Å². The molecule has 0 aromatic rings. The Kier molecular flexibility index (Phi) is 3.96. The van der Waals surface area contributed by atoms with Gasteiger partial charge in [0.25, 0.3) is 0 Å². The van der Waals surface area contributed by atoms with Gasteiger partial charge in [-0.2, -0.15) is 0 Å². The minimum Gasteiger partial charge on any atom is -0.465 e. The number of hydrogen-bond acceptors (Lipinski definition) is 3. The second-order valence-corrected chi connectivity index (χ2v) is 3.35. The fraction of sp³-hybridized carbons (Fsp3) is 0.700. The number of carbonyl (C=O) groups excluding carboxylic acids is 1. The van der Waals surface area contributed by atoms with Crippen LogP contribution in [0.4, 0.5) is 0 Å². The molecule has 1 aliphatic carbocycles. The lowest BCUT2D eigenvalue weighted by molar-refractivity contribution is -0.142. The molecule has 74 valence electrons. The van der Waals surface area contributed by atoms with E-state index in [0.717, 1.165) is 6.42 Å². The Balaban J connectivity index is 2.18. The third kappa shape index (κ3) is 3.19. The molecular weight excluding hydrogens is 166 g/mol. The summed E-state index contributed by atoms with van der Waals surface area (Å²) in [5, 5.41) is 3.15. The van der Waals surface area contributed by atoms with E-state index in [1.165, 1.54) is 0 Å². The minimum atomic E-state index is -0.171. The molecule has 13 heavy (non-hydrogen) atoms. The second-order valence-electron chi connectivity index (χ2n) is 3.35. The van der Waals surface area contributed by atoms with Crippen LogP contribution in [0.25, 0.3) is 0 Å². The first-order valence-electron chi connectivity index (χ1n) is 4.79. The van der Waals surface area contributed by atoms with Crippen LogP contribution < -0.4 is 5.32 Å². The van der Waals surface area contributed by atoms with E-state index in [1.54, 1.807) is 0 Å². The highest BCUT2D eigenvalue weighted by Crippen LogP contribution is 2.16. The van der Waals surface area contributed by atoms with Gasteiger partial charge in [0, 0.05) is 6.04 Å². The molecule has 2 atom stereocenters. The van der Waals surface area contributed by atoms with Crippen LogP contribution in [0.5, 0.6) is 0 Å². The van der Waals surface area contributed by atoms with E-state index >= 15 is 0 Å². The summed E-state index contributed by atoms with van der Waals surface area (Å²) in [4.78, 5) is 11.0. The van der Waals surface area contributed by atoms with Crippen molar-refractivity contribution in [2.75, 3.05) is 13.2 Å². The highest BCUT2D eigenvalue weighted by molar-refractivity contribution is 5.71. The second kappa shape index (κ2) is 5.02. The minimum absolute atomic E-state index is 0.171. The Bertz CT molecular complexity index is 201. The number of allylic oxidation sites excluding steroid dienone is 1. The van der Waals surface area contributed by atoms with Crippen LogP contribution >= 0.6 is 0 Å². The predicted octanol–water partition coefficient (Wildman–Crippen LogP) is 1.10. The molecule has 0 radical (unpaired) electrons. The number of carbonyl (C=O) groups is 1. The average Bonchev–Trinajstić information content (AvgIpc) is 2.48. The van der Waals surface area contributed by atoms with E-state index in [2.05, 4.69) is 24.4 Å². The molecule has 3 nitrogen and oxygen atoms in total. The van der Waals surface area contributed by atoms with Crippen molar-refractivity contribution in [1.29, 1.82) is 0 Å². The number of nitrogens with one attached hydrogen (secondary N) is 1. The van der Waals surface area contributed by atoms with Gasteiger partial charge in [0.15, 0.2) is 0 Å². The standard InChI is InChI=1S/C10H17NO2/c1-3-13-10(12)7-11-9-6-4-5-8(9)2/h4,6,8-9,11H,3,5,7H2,1-2H3. The molecular formula is C10H17NO2. The summed E-state index contributed by atoms with van der Waals surface area (Å²) in [6, 6.07) is 0.337. The van der Waals surface area contributed by atoms with Crippen molar-refractivity contribution < 1.29 is 9.53 Å². The van der Waals surface area contributed by atoms with Gasteiger partial charge in [0.05, 0.1) is 13.2 Å². The molecule has 0 saturated carbocycles. The molecule has 0 saturated heterocycles. The van der Waals surface area contributed by atoms with Crippen LogP contribution in [0.15, 0.2) is 12.2 Å². The monoisotopic (exact) mass is 183 g/mol. The zero-order valence-electron chi connectivity index (χ0n) is 8.25. The summed E-state index contributed by atoms with van der Waals surface area (Å²) in [6.45, 7) is 4.75.